The number of hydrogen-bond acceptors (Lipinski definition) is 9. The van der Waals surface area contributed by atoms with Crippen LogP contribution < -0.4 is 16.4 Å². The summed E-state index contributed by atoms with van der Waals surface area (Å²) in [7, 11) is 5.00. The second-order valence-electron chi connectivity index (χ2n) is 14.6. The Morgan fingerprint density at radius 3 is 2.22 bits per heavy atom. The van der Waals surface area contributed by atoms with Crippen LogP contribution in [-0.4, -0.2) is 113 Å². The number of carbonyl (C=O) groups excluding carboxylic acids is 3. The van der Waals surface area contributed by atoms with E-state index in [-0.39, 0.29) is 48.6 Å². The van der Waals surface area contributed by atoms with Gasteiger partial charge in [0.2, 0.25) is 17.7 Å². The standard InChI is InChI=1S/C37H61N5O7S/c1-11-23(4)31(41(8)30(22(2)3)33(44)40-36(47)37(6,7)38)28(48-9)21-29(43)42-19-15-18-27(42)32(49-10)24(5)34(50)39-26(35(45)46)20-25-16-13-12-14-17-25/h12-14,16-17,22-24,26-28,30-32H,11,15,18-21,38H2,1-10H3,(H,39,50)(H,45,46)(H,40,44,47)/t23-,24+,26-,27-,28+,30-,31-,32+/m0/s1. The van der Waals surface area contributed by atoms with Gasteiger partial charge in [-0.25, -0.2) is 4.79 Å². The lowest BCUT2D eigenvalue weighted by Gasteiger charge is -2.43. The average molecular weight is 720 g/mol. The Bertz CT molecular complexity index is 1290. The molecule has 0 unspecified atom stereocenters. The van der Waals surface area contributed by atoms with Crippen molar-refractivity contribution in [3.63, 3.8) is 0 Å². The number of ether oxygens (including phenoxy) is 2. The van der Waals surface area contributed by atoms with E-state index in [2.05, 4.69) is 24.5 Å². The Morgan fingerprint density at radius 1 is 1.10 bits per heavy atom. The zero-order chi connectivity index (χ0) is 37.9. The van der Waals surface area contributed by atoms with Crippen LogP contribution >= 0.6 is 12.2 Å². The monoisotopic (exact) mass is 719 g/mol. The van der Waals surface area contributed by atoms with Gasteiger partial charge in [-0.15, -0.1) is 0 Å². The van der Waals surface area contributed by atoms with Gasteiger partial charge in [0, 0.05) is 39.1 Å². The Hall–Kier alpha value is -2.97. The summed E-state index contributed by atoms with van der Waals surface area (Å²) in [6.07, 6.45) is 1.55. The number of carboxylic acids is 1. The summed E-state index contributed by atoms with van der Waals surface area (Å²) >= 11 is 5.73. The van der Waals surface area contributed by atoms with Crippen molar-refractivity contribution in [2.24, 2.45) is 23.5 Å². The number of imide groups is 1. The molecule has 1 aliphatic heterocycles. The molecule has 2 rings (SSSR count). The van der Waals surface area contributed by atoms with Crippen molar-refractivity contribution in [3.05, 3.63) is 35.9 Å². The number of thiocarbonyl (C=S) groups is 1. The van der Waals surface area contributed by atoms with E-state index in [4.69, 9.17) is 27.4 Å². The maximum Gasteiger partial charge on any atom is 0.326 e. The summed E-state index contributed by atoms with van der Waals surface area (Å²) in [4.78, 5) is 56.5. The van der Waals surface area contributed by atoms with Crippen LogP contribution in [0.2, 0.25) is 0 Å². The molecule has 0 radical (unpaired) electrons. The molecule has 8 atom stereocenters. The van der Waals surface area contributed by atoms with Gasteiger partial charge in [0.05, 0.1) is 41.2 Å². The lowest BCUT2D eigenvalue weighted by Crippen LogP contribution is -2.60. The third-order valence-electron chi connectivity index (χ3n) is 9.99. The van der Waals surface area contributed by atoms with Gasteiger partial charge in [0.25, 0.3) is 0 Å². The first-order valence-electron chi connectivity index (χ1n) is 17.7. The third-order valence-corrected chi connectivity index (χ3v) is 10.5. The molecule has 3 amide bonds. The first-order chi connectivity index (χ1) is 23.4. The quantitative estimate of drug-likeness (QED) is 0.155. The van der Waals surface area contributed by atoms with Crippen LogP contribution in [0.5, 0.6) is 0 Å². The number of likely N-dealkylation sites (tertiary alicyclic amines) is 1. The summed E-state index contributed by atoms with van der Waals surface area (Å²) in [6, 6.07) is 7.15. The fourth-order valence-corrected chi connectivity index (χ4v) is 7.31. The number of amides is 3. The average Bonchev–Trinajstić information content (AvgIpc) is 3.53. The zero-order valence-corrected chi connectivity index (χ0v) is 32.4. The van der Waals surface area contributed by atoms with Gasteiger partial charge in [-0.05, 0) is 51.1 Å². The number of nitrogens with zero attached hydrogens (tertiary/aromatic N) is 2. The number of nitrogens with one attached hydrogen (secondary N) is 2. The summed E-state index contributed by atoms with van der Waals surface area (Å²) in [5.41, 5.74) is 5.60. The molecule has 1 aliphatic rings. The van der Waals surface area contributed by atoms with E-state index in [9.17, 15) is 24.3 Å². The van der Waals surface area contributed by atoms with Crippen LogP contribution in [0.4, 0.5) is 0 Å². The number of methoxy groups -OCH3 is 2. The Kier molecular flexibility index (Phi) is 16.9. The maximum atomic E-state index is 14.1. The fourth-order valence-electron chi connectivity index (χ4n) is 7.04. The predicted octanol–water partition coefficient (Wildman–Crippen LogP) is 3.40. The number of benzene rings is 1. The first-order valence-corrected chi connectivity index (χ1v) is 18.1. The molecule has 0 spiro atoms. The molecule has 13 heteroatoms. The number of nitrogens with two attached hydrogens (primary N) is 1. The van der Waals surface area contributed by atoms with Crippen LogP contribution in [0.1, 0.15) is 79.7 Å². The van der Waals surface area contributed by atoms with Crippen molar-refractivity contribution in [2.45, 2.75) is 122 Å². The first kappa shape index (κ1) is 43.2. The minimum atomic E-state index is -1.23. The predicted molar refractivity (Wildman–Crippen MR) is 198 cm³/mol. The van der Waals surface area contributed by atoms with E-state index in [1.807, 2.05) is 68.0 Å². The van der Waals surface area contributed by atoms with Crippen LogP contribution in [0, 0.1) is 17.8 Å². The van der Waals surface area contributed by atoms with Crippen molar-refractivity contribution >= 4 is 40.9 Å². The second kappa shape index (κ2) is 19.6. The van der Waals surface area contributed by atoms with Crippen LogP contribution in [-0.2, 0) is 35.1 Å². The van der Waals surface area contributed by atoms with Crippen LogP contribution in [0.3, 0.4) is 0 Å². The molecule has 0 aromatic heterocycles. The normalized spacial score (nSPS) is 19.3. The van der Waals surface area contributed by atoms with E-state index in [0.717, 1.165) is 18.4 Å². The van der Waals surface area contributed by atoms with Crippen LogP contribution in [0.15, 0.2) is 30.3 Å². The van der Waals surface area contributed by atoms with Gasteiger partial charge in [-0.2, -0.15) is 0 Å². The molecular weight excluding hydrogens is 659 g/mol. The number of likely N-dealkylation sites (N-methyl/N-ethyl adjacent to an activating group) is 1. The van der Waals surface area contributed by atoms with Gasteiger partial charge < -0.3 is 30.5 Å². The van der Waals surface area contributed by atoms with Gasteiger partial charge in [-0.1, -0.05) is 83.6 Å². The van der Waals surface area contributed by atoms with Crippen molar-refractivity contribution in [3.8, 4) is 0 Å². The lowest BCUT2D eigenvalue weighted by atomic mass is 9.87. The van der Waals surface area contributed by atoms with Gasteiger partial charge in [-0.3, -0.25) is 24.6 Å². The third kappa shape index (κ3) is 11.5. The number of aliphatic carboxylic acids is 1. The van der Waals surface area contributed by atoms with E-state index < -0.39 is 47.6 Å². The van der Waals surface area contributed by atoms with Crippen LogP contribution in [0.25, 0.3) is 0 Å². The minimum Gasteiger partial charge on any atom is -0.480 e. The molecule has 1 fully saturated rings. The Labute approximate surface area is 304 Å². The second-order valence-corrected chi connectivity index (χ2v) is 15.1. The summed E-state index contributed by atoms with van der Waals surface area (Å²) < 4.78 is 12.0. The number of hydrogen-bond donors (Lipinski definition) is 4. The highest BCUT2D eigenvalue weighted by atomic mass is 32.1. The molecule has 282 valence electrons. The van der Waals surface area contributed by atoms with E-state index in [0.29, 0.717) is 18.0 Å². The summed E-state index contributed by atoms with van der Waals surface area (Å²) in [6.45, 7) is 13.5. The molecule has 1 saturated heterocycles. The zero-order valence-electron chi connectivity index (χ0n) is 31.6. The summed E-state index contributed by atoms with van der Waals surface area (Å²) in [5.74, 6) is -2.63. The SMILES string of the molecule is CC[C@H](C)[C@@H]([C@@H](CC(=O)N1CCC[C@H]1[C@H](OC)[C@@H](C)C(=S)N[C@@H](Cc1ccccc1)C(=O)O)OC)N(C)[C@H](C(=O)NC(=O)C(C)(C)N)C(C)C. The highest BCUT2D eigenvalue weighted by Gasteiger charge is 2.43. The molecule has 12 nitrogen and oxygen atoms in total. The molecule has 5 N–H and O–H groups in total. The highest BCUT2D eigenvalue weighted by Crippen LogP contribution is 2.30. The molecule has 1 aromatic carbocycles. The van der Waals surface area contributed by atoms with Gasteiger partial charge in [0.1, 0.15) is 6.04 Å². The molecule has 1 heterocycles. The van der Waals surface area contributed by atoms with E-state index >= 15 is 0 Å². The van der Waals surface area contributed by atoms with Gasteiger partial charge >= 0.3 is 5.97 Å². The molecule has 50 heavy (non-hydrogen) atoms. The molecule has 1 aromatic rings. The van der Waals surface area contributed by atoms with Crippen molar-refractivity contribution in [1.82, 2.24) is 20.4 Å². The lowest BCUT2D eigenvalue weighted by molar-refractivity contribution is -0.142. The van der Waals surface area contributed by atoms with Gasteiger partial charge in [0.15, 0.2) is 0 Å². The fraction of sp³-hybridized carbons (Fsp3) is 0.703. The highest BCUT2D eigenvalue weighted by molar-refractivity contribution is 7.80. The van der Waals surface area contributed by atoms with Crippen molar-refractivity contribution in [2.75, 3.05) is 27.8 Å². The molecular formula is C37H61N5O7S. The van der Waals surface area contributed by atoms with Crippen molar-refractivity contribution < 1.29 is 33.8 Å². The Morgan fingerprint density at radius 2 is 1.72 bits per heavy atom. The molecule has 0 bridgehead atoms. The molecule has 0 aliphatic carbocycles. The molecule has 0 saturated carbocycles. The maximum absolute atomic E-state index is 14.1. The van der Waals surface area contributed by atoms with Crippen molar-refractivity contribution in [1.29, 1.82) is 0 Å². The number of carboxylic acid groups (broad SMARTS) is 1. The minimum absolute atomic E-state index is 0.0380. The largest absolute Gasteiger partial charge is 0.480 e. The number of carbonyl (C=O) groups is 4. The topological polar surface area (TPSA) is 164 Å². The van der Waals surface area contributed by atoms with E-state index in [1.54, 1.807) is 28.1 Å². The number of rotatable bonds is 19. The smallest absolute Gasteiger partial charge is 0.326 e. The Balaban J connectivity index is 2.27. The summed E-state index contributed by atoms with van der Waals surface area (Å²) in [5, 5.41) is 15.5. The van der Waals surface area contributed by atoms with E-state index in [1.165, 1.54) is 0 Å².